The summed E-state index contributed by atoms with van der Waals surface area (Å²) in [5, 5.41) is 30.1. The molecule has 8 atom stereocenters. The highest BCUT2D eigenvalue weighted by Crippen LogP contribution is 2.36. The van der Waals surface area contributed by atoms with E-state index in [0.717, 1.165) is 31.2 Å². The number of hydrogen-bond donors (Lipinski definition) is 3. The van der Waals surface area contributed by atoms with Crippen LogP contribution < -0.4 is 14.2 Å². The van der Waals surface area contributed by atoms with E-state index in [2.05, 4.69) is 0 Å². The van der Waals surface area contributed by atoms with Crippen LogP contribution in [0.5, 0.6) is 23.0 Å². The van der Waals surface area contributed by atoms with Crippen molar-refractivity contribution in [3.8, 4) is 23.0 Å². The van der Waals surface area contributed by atoms with E-state index in [1.807, 2.05) is 0 Å². The molecule has 0 spiro atoms. The van der Waals surface area contributed by atoms with E-state index in [1.54, 1.807) is 32.1 Å². The molecule has 2 aromatic carbocycles. The molecule has 0 aromatic heterocycles. The Kier molecular flexibility index (Phi) is 17.9. The molecule has 3 N–H and O–H groups in total. The van der Waals surface area contributed by atoms with Crippen LogP contribution in [-0.4, -0.2) is 121 Å². The van der Waals surface area contributed by atoms with Crippen molar-refractivity contribution in [2.24, 2.45) is 0 Å². The smallest absolute Gasteiger partial charge is 0.342 e. The van der Waals surface area contributed by atoms with Gasteiger partial charge in [-0.05, 0) is 102 Å². The van der Waals surface area contributed by atoms with E-state index in [1.165, 1.54) is 72.5 Å². The highest BCUT2D eigenvalue weighted by Gasteiger charge is 2.44. The Labute approximate surface area is 363 Å². The molecule has 346 valence electrons. The lowest BCUT2D eigenvalue weighted by Gasteiger charge is -2.25. The van der Waals surface area contributed by atoms with Crippen molar-refractivity contribution in [2.45, 2.75) is 108 Å². The van der Waals surface area contributed by atoms with E-state index in [4.69, 9.17) is 37.9 Å². The third-order valence-corrected chi connectivity index (χ3v) is 10.2. The lowest BCUT2D eigenvalue weighted by atomic mass is 9.98. The number of phenols is 1. The van der Waals surface area contributed by atoms with E-state index in [-0.39, 0.29) is 46.1 Å². The Morgan fingerprint density at radius 1 is 0.714 bits per heavy atom. The lowest BCUT2D eigenvalue weighted by molar-refractivity contribution is -0.152. The number of aliphatic hydroxyl groups excluding tert-OH is 2. The number of alkyl halides is 2. The number of halogens is 3. The molecule has 1 fully saturated rings. The summed E-state index contributed by atoms with van der Waals surface area (Å²) >= 11 is 0. The van der Waals surface area contributed by atoms with Crippen LogP contribution in [-0.2, 0) is 33.3 Å². The summed E-state index contributed by atoms with van der Waals surface area (Å²) < 4.78 is 73.5. The molecule has 0 aliphatic carbocycles. The monoisotopic (exact) mass is 892 g/mol. The number of ether oxygens (including phenoxy) is 8. The van der Waals surface area contributed by atoms with Crippen LogP contribution >= 0.6 is 0 Å². The fourth-order valence-corrected chi connectivity index (χ4v) is 6.26. The van der Waals surface area contributed by atoms with Crippen LogP contribution in [0.3, 0.4) is 0 Å². The van der Waals surface area contributed by atoms with Gasteiger partial charge in [0.2, 0.25) is 0 Å². The van der Waals surface area contributed by atoms with Crippen molar-refractivity contribution < 1.29 is 85.9 Å². The molecule has 8 unspecified atom stereocenters. The zero-order chi connectivity index (χ0) is 46.2. The molecule has 0 amide bonds. The average molecular weight is 893 g/mol. The number of methoxy groups -OCH3 is 3. The first kappa shape index (κ1) is 51.8. The van der Waals surface area contributed by atoms with Gasteiger partial charge in [-0.1, -0.05) is 24.3 Å². The number of aromatic hydroxyl groups is 1. The third-order valence-electron chi connectivity index (χ3n) is 10.2. The van der Waals surface area contributed by atoms with Crippen molar-refractivity contribution in [2.75, 3.05) is 28.1 Å². The lowest BCUT2D eigenvalue weighted by Crippen LogP contribution is -2.36. The minimum absolute atomic E-state index is 0. The number of fused-ring (bicyclic) bond motifs is 3. The normalized spacial score (nSPS) is 30.6. The number of cyclic esters (lactones) is 2. The Hall–Kier alpha value is -5.53. The van der Waals surface area contributed by atoms with Crippen LogP contribution in [0.25, 0.3) is 12.2 Å². The average Bonchev–Trinajstić information content (AvgIpc) is 3.53. The summed E-state index contributed by atoms with van der Waals surface area (Å²) in [4.78, 5) is 50.5. The number of phenolic OH excluding ortho intramolecular Hbond substituents is 1. The molecule has 18 heteroatoms. The van der Waals surface area contributed by atoms with Gasteiger partial charge in [-0.2, -0.15) is 0 Å². The van der Waals surface area contributed by atoms with Gasteiger partial charge in [0.1, 0.15) is 58.5 Å². The molecule has 0 radical (unpaired) electrons. The van der Waals surface area contributed by atoms with E-state index in [0.29, 0.717) is 17.7 Å². The number of esters is 2. The SMILES string of the molecule is COCOc1cc(OC)cc2c1C(=O)OC(C)C(C)(F)/C=C\C(=O)C1OC(C)(C)OC1C/C=C/2.COc1cc(O)c2c(c1)/C=C/CC(O)C(O)C(=O)/C=C\C(C)(F)C(C)OC2=O.F. The molecule has 3 aliphatic rings. The predicted octanol–water partition coefficient (Wildman–Crippen LogP) is 6.10. The standard InChI is InChI=1S/C25H31FO8.C20H23FO7.FH/c1-15-25(4,26)11-10-18(27)22-19(33-24(2,3)34-22)9-7-8-16-12-17(30-6)13-20(31-14-29-5)21(16)23(28)32-15;1-11-20(2,21)8-7-15(23)18(25)14(22)6-4-5-12-9-13(27-3)10-16(24)17(12)19(26)28-11;/h7-8,10-13,15,19,22H,9,14H2,1-6H3;4-5,7-11,14,18,22,24-25H,6H2,1-3H3;1H/b8-7+,11-10-;5-4+,8-7-;. The van der Waals surface area contributed by atoms with Crippen LogP contribution in [0, 0.1) is 0 Å². The predicted molar refractivity (Wildman–Crippen MR) is 223 cm³/mol. The van der Waals surface area contributed by atoms with E-state index < -0.39 is 83.0 Å². The Balaban J connectivity index is 0.000000336. The van der Waals surface area contributed by atoms with E-state index in [9.17, 15) is 38.9 Å². The summed E-state index contributed by atoms with van der Waals surface area (Å²) in [6.45, 7) is 8.32. The number of benzene rings is 2. The first-order valence-corrected chi connectivity index (χ1v) is 19.6. The Morgan fingerprint density at radius 2 is 1.22 bits per heavy atom. The zero-order valence-corrected chi connectivity index (χ0v) is 36.4. The molecule has 5 rings (SSSR count). The summed E-state index contributed by atoms with van der Waals surface area (Å²) in [5.41, 5.74) is -3.85. The van der Waals surface area contributed by atoms with Gasteiger partial charge in [0, 0.05) is 19.2 Å². The fourth-order valence-electron chi connectivity index (χ4n) is 6.26. The number of hydrogen-bond acceptors (Lipinski definition) is 15. The summed E-state index contributed by atoms with van der Waals surface area (Å²) in [5.74, 6) is -3.60. The second-order valence-electron chi connectivity index (χ2n) is 15.5. The maximum absolute atomic E-state index is 15.4. The molecule has 1 saturated heterocycles. The number of aliphatic hydroxyl groups is 2. The second-order valence-corrected chi connectivity index (χ2v) is 15.5. The Morgan fingerprint density at radius 3 is 1.78 bits per heavy atom. The summed E-state index contributed by atoms with van der Waals surface area (Å²) in [6.07, 6.45) is 3.10. The number of ketones is 2. The van der Waals surface area contributed by atoms with Gasteiger partial charge in [-0.25, -0.2) is 18.4 Å². The van der Waals surface area contributed by atoms with Gasteiger partial charge < -0.3 is 53.2 Å². The molecular weight excluding hydrogens is 837 g/mol. The first-order chi connectivity index (χ1) is 29.0. The molecule has 3 aliphatic heterocycles. The van der Waals surface area contributed by atoms with Crippen LogP contribution in [0.2, 0.25) is 0 Å². The highest BCUT2D eigenvalue weighted by molar-refractivity contribution is 5.98. The van der Waals surface area contributed by atoms with Gasteiger partial charge in [0.25, 0.3) is 0 Å². The first-order valence-electron chi connectivity index (χ1n) is 19.6. The van der Waals surface area contributed by atoms with Crippen molar-refractivity contribution in [1.82, 2.24) is 0 Å². The largest absolute Gasteiger partial charge is 0.507 e. The molecular formula is C45H55F3O15. The maximum Gasteiger partial charge on any atom is 0.342 e. The molecule has 3 heterocycles. The summed E-state index contributed by atoms with van der Waals surface area (Å²) in [7, 11) is 4.31. The van der Waals surface area contributed by atoms with Crippen LogP contribution in [0.1, 0.15) is 86.2 Å². The minimum atomic E-state index is -2.24. The van der Waals surface area contributed by atoms with Crippen LogP contribution in [0.15, 0.2) is 60.7 Å². The van der Waals surface area contributed by atoms with Crippen molar-refractivity contribution in [3.05, 3.63) is 83.0 Å². The van der Waals surface area contributed by atoms with Gasteiger partial charge in [0.15, 0.2) is 35.5 Å². The van der Waals surface area contributed by atoms with Crippen molar-refractivity contribution in [3.63, 3.8) is 0 Å². The van der Waals surface area contributed by atoms with Crippen molar-refractivity contribution in [1.29, 1.82) is 0 Å². The molecule has 0 saturated carbocycles. The minimum Gasteiger partial charge on any atom is -0.507 e. The highest BCUT2D eigenvalue weighted by atomic mass is 19.1. The fraction of sp³-hybridized carbons (Fsp3) is 0.467. The second kappa shape index (κ2) is 21.7. The van der Waals surface area contributed by atoms with Gasteiger partial charge in [-0.15, -0.1) is 0 Å². The van der Waals surface area contributed by atoms with Gasteiger partial charge in [0.05, 0.1) is 26.4 Å². The topological polar surface area (TPSA) is 203 Å². The molecule has 2 aromatic rings. The van der Waals surface area contributed by atoms with Gasteiger partial charge in [-0.3, -0.25) is 14.3 Å². The molecule has 63 heavy (non-hydrogen) atoms. The van der Waals surface area contributed by atoms with Crippen LogP contribution in [0.4, 0.5) is 13.5 Å². The van der Waals surface area contributed by atoms with Gasteiger partial charge >= 0.3 is 11.9 Å². The number of rotatable bonds is 5. The molecule has 0 bridgehead atoms. The maximum atomic E-state index is 15.4. The number of carbonyl (C=O) groups is 4. The molecule has 15 nitrogen and oxygen atoms in total. The summed E-state index contributed by atoms with van der Waals surface area (Å²) in [6, 6.07) is 5.83. The van der Waals surface area contributed by atoms with E-state index >= 15 is 4.39 Å². The van der Waals surface area contributed by atoms with Crippen molar-refractivity contribution >= 4 is 35.7 Å². The third kappa shape index (κ3) is 13.2. The quantitative estimate of drug-likeness (QED) is 0.229. The Bertz CT molecular complexity index is 2090. The zero-order valence-electron chi connectivity index (χ0n) is 36.4. The number of carbonyl (C=O) groups excluding carboxylic acids is 4.